The van der Waals surface area contributed by atoms with Gasteiger partial charge in [-0.05, 0) is 35.0 Å². The highest BCUT2D eigenvalue weighted by Gasteiger charge is 2.15. The molecule has 24 heavy (non-hydrogen) atoms. The fourth-order valence-electron chi connectivity index (χ4n) is 2.24. The predicted octanol–water partition coefficient (Wildman–Crippen LogP) is 4.41. The number of rotatable bonds is 3. The molecule has 1 aromatic carbocycles. The van der Waals surface area contributed by atoms with Crippen molar-refractivity contribution in [3.05, 3.63) is 53.2 Å². The van der Waals surface area contributed by atoms with Gasteiger partial charge in [0.05, 0.1) is 15.3 Å². The molecule has 2 N–H and O–H groups in total. The molecule has 0 atom stereocenters. The van der Waals surface area contributed by atoms with E-state index in [1.54, 1.807) is 28.7 Å². The number of thiophene rings is 2. The summed E-state index contributed by atoms with van der Waals surface area (Å²) in [6, 6.07) is 12.1. The summed E-state index contributed by atoms with van der Waals surface area (Å²) in [7, 11) is 0. The molecule has 5 nitrogen and oxygen atoms in total. The van der Waals surface area contributed by atoms with Crippen LogP contribution >= 0.6 is 22.7 Å². The van der Waals surface area contributed by atoms with E-state index in [-0.39, 0.29) is 11.5 Å². The number of benzene rings is 1. The molecule has 0 fully saturated rings. The molecular weight excluding hydrogens is 342 g/mol. The third-order valence-electron chi connectivity index (χ3n) is 3.34. The van der Waals surface area contributed by atoms with E-state index >= 15 is 0 Å². The Balaban J connectivity index is 1.93. The zero-order valence-corrected chi connectivity index (χ0v) is 13.9. The number of phenols is 2. The molecule has 0 bridgehead atoms. The average Bonchev–Trinajstić information content (AvgIpc) is 3.28. The molecule has 3 heterocycles. The molecule has 7 heteroatoms. The Morgan fingerprint density at radius 3 is 1.79 bits per heavy atom. The standard InChI is InChI=1S/C17H11N3O2S2/c21-10-5-6-11(12(22)9-10)15-18-16(13-3-1-7-23-13)20-17(19-15)14-4-2-8-24-14/h1-9,21-22H. The highest BCUT2D eigenvalue weighted by Crippen LogP contribution is 2.33. The van der Waals surface area contributed by atoms with Gasteiger partial charge in [0.25, 0.3) is 0 Å². The van der Waals surface area contributed by atoms with Crippen molar-refractivity contribution < 1.29 is 10.2 Å². The summed E-state index contributed by atoms with van der Waals surface area (Å²) in [5.41, 5.74) is 0.450. The summed E-state index contributed by atoms with van der Waals surface area (Å²) < 4.78 is 0. The van der Waals surface area contributed by atoms with Crippen molar-refractivity contribution in [2.24, 2.45) is 0 Å². The Hall–Kier alpha value is -2.77. The maximum atomic E-state index is 10.1. The van der Waals surface area contributed by atoms with Gasteiger partial charge in [0.2, 0.25) is 0 Å². The molecule has 0 amide bonds. The Morgan fingerprint density at radius 1 is 0.708 bits per heavy atom. The average molecular weight is 353 g/mol. The summed E-state index contributed by atoms with van der Waals surface area (Å²) in [6.45, 7) is 0. The lowest BCUT2D eigenvalue weighted by Gasteiger charge is -2.07. The molecule has 0 aliphatic carbocycles. The summed E-state index contributed by atoms with van der Waals surface area (Å²) in [5, 5.41) is 23.5. The van der Waals surface area contributed by atoms with E-state index in [1.165, 1.54) is 12.1 Å². The van der Waals surface area contributed by atoms with Crippen molar-refractivity contribution in [2.75, 3.05) is 0 Å². The molecule has 0 saturated heterocycles. The van der Waals surface area contributed by atoms with Gasteiger partial charge in [-0.3, -0.25) is 0 Å². The highest BCUT2D eigenvalue weighted by molar-refractivity contribution is 7.13. The molecule has 0 radical (unpaired) electrons. The van der Waals surface area contributed by atoms with E-state index < -0.39 is 0 Å². The van der Waals surface area contributed by atoms with Crippen LogP contribution in [0.3, 0.4) is 0 Å². The third-order valence-corrected chi connectivity index (χ3v) is 5.07. The smallest absolute Gasteiger partial charge is 0.174 e. The molecule has 4 rings (SSSR count). The van der Waals surface area contributed by atoms with Gasteiger partial charge >= 0.3 is 0 Å². The SMILES string of the molecule is Oc1ccc(-c2nc(-c3cccs3)nc(-c3cccs3)n2)c(O)c1. The molecule has 0 aliphatic rings. The second kappa shape index (κ2) is 6.03. The third kappa shape index (κ3) is 2.75. The van der Waals surface area contributed by atoms with Gasteiger partial charge < -0.3 is 10.2 Å². The van der Waals surface area contributed by atoms with Gasteiger partial charge in [0.15, 0.2) is 17.5 Å². The van der Waals surface area contributed by atoms with Crippen LogP contribution in [-0.2, 0) is 0 Å². The molecule has 4 aromatic rings. The first-order valence-corrected chi connectivity index (χ1v) is 8.83. The van der Waals surface area contributed by atoms with Crippen LogP contribution < -0.4 is 0 Å². The minimum absolute atomic E-state index is 0.0118. The number of aromatic nitrogens is 3. The topological polar surface area (TPSA) is 79.1 Å². The van der Waals surface area contributed by atoms with Gasteiger partial charge in [-0.1, -0.05) is 12.1 Å². The van der Waals surface area contributed by atoms with E-state index in [4.69, 9.17) is 0 Å². The fraction of sp³-hybridized carbons (Fsp3) is 0. The van der Waals surface area contributed by atoms with Crippen molar-refractivity contribution in [1.82, 2.24) is 15.0 Å². The van der Waals surface area contributed by atoms with Crippen molar-refractivity contribution in [3.8, 4) is 44.3 Å². The number of nitrogens with zero attached hydrogens (tertiary/aromatic N) is 3. The maximum Gasteiger partial charge on any atom is 0.174 e. The summed E-state index contributed by atoms with van der Waals surface area (Å²) >= 11 is 3.08. The number of aromatic hydroxyl groups is 2. The van der Waals surface area contributed by atoms with Crippen LogP contribution in [0.25, 0.3) is 32.8 Å². The van der Waals surface area contributed by atoms with Crippen LogP contribution in [-0.4, -0.2) is 25.2 Å². The number of hydrogen-bond acceptors (Lipinski definition) is 7. The lowest BCUT2D eigenvalue weighted by molar-refractivity contribution is 0.451. The Labute approximate surface area is 145 Å². The van der Waals surface area contributed by atoms with Crippen molar-refractivity contribution in [1.29, 1.82) is 0 Å². The van der Waals surface area contributed by atoms with Crippen LogP contribution in [0, 0.1) is 0 Å². The van der Waals surface area contributed by atoms with Crippen LogP contribution in [0.2, 0.25) is 0 Å². The second-order valence-electron chi connectivity index (χ2n) is 4.96. The summed E-state index contributed by atoms with van der Waals surface area (Å²) in [5.74, 6) is 1.41. The van der Waals surface area contributed by atoms with Crippen LogP contribution in [0.5, 0.6) is 11.5 Å². The van der Waals surface area contributed by atoms with Crippen molar-refractivity contribution in [3.63, 3.8) is 0 Å². The fourth-order valence-corrected chi connectivity index (χ4v) is 3.55. The quantitative estimate of drug-likeness (QED) is 0.570. The molecule has 0 saturated carbocycles. The summed E-state index contributed by atoms with van der Waals surface area (Å²) in [6.07, 6.45) is 0. The van der Waals surface area contributed by atoms with E-state index in [0.29, 0.717) is 23.0 Å². The van der Waals surface area contributed by atoms with Crippen molar-refractivity contribution in [2.45, 2.75) is 0 Å². The van der Waals surface area contributed by atoms with E-state index in [2.05, 4.69) is 15.0 Å². The Bertz CT molecular complexity index is 931. The lowest BCUT2D eigenvalue weighted by atomic mass is 10.1. The van der Waals surface area contributed by atoms with Gasteiger partial charge in [-0.25, -0.2) is 15.0 Å². The predicted molar refractivity (Wildman–Crippen MR) is 95.2 cm³/mol. The normalized spacial score (nSPS) is 10.8. The molecule has 0 spiro atoms. The first-order valence-electron chi connectivity index (χ1n) is 7.07. The van der Waals surface area contributed by atoms with Crippen LogP contribution in [0.4, 0.5) is 0 Å². The zero-order valence-electron chi connectivity index (χ0n) is 12.2. The number of hydrogen-bond donors (Lipinski definition) is 2. The highest BCUT2D eigenvalue weighted by atomic mass is 32.1. The van der Waals surface area contributed by atoms with Crippen LogP contribution in [0.15, 0.2) is 53.2 Å². The van der Waals surface area contributed by atoms with E-state index in [9.17, 15) is 10.2 Å². The summed E-state index contributed by atoms with van der Waals surface area (Å²) in [4.78, 5) is 15.4. The zero-order chi connectivity index (χ0) is 16.5. The minimum Gasteiger partial charge on any atom is -0.508 e. The van der Waals surface area contributed by atoms with Crippen molar-refractivity contribution >= 4 is 22.7 Å². The van der Waals surface area contributed by atoms with Gasteiger partial charge in [-0.15, -0.1) is 22.7 Å². The van der Waals surface area contributed by atoms with Gasteiger partial charge in [-0.2, -0.15) is 0 Å². The largest absolute Gasteiger partial charge is 0.508 e. The Kier molecular flexibility index (Phi) is 3.72. The molecular formula is C17H11N3O2S2. The van der Waals surface area contributed by atoms with Gasteiger partial charge in [0, 0.05) is 6.07 Å². The molecule has 0 aliphatic heterocycles. The molecule has 3 aromatic heterocycles. The molecule has 0 unspecified atom stereocenters. The molecule has 118 valence electrons. The van der Waals surface area contributed by atoms with Gasteiger partial charge in [0.1, 0.15) is 11.5 Å². The van der Waals surface area contributed by atoms with E-state index in [1.807, 2.05) is 35.0 Å². The first kappa shape index (κ1) is 14.8. The maximum absolute atomic E-state index is 10.1. The second-order valence-corrected chi connectivity index (χ2v) is 6.86. The monoisotopic (exact) mass is 353 g/mol. The van der Waals surface area contributed by atoms with E-state index in [0.717, 1.165) is 9.75 Å². The first-order chi connectivity index (χ1) is 11.7. The minimum atomic E-state index is -0.0736. The number of phenolic OH excluding ortho intramolecular Hbond substituents is 2. The lowest BCUT2D eigenvalue weighted by Crippen LogP contribution is -1.98. The Morgan fingerprint density at radius 2 is 1.29 bits per heavy atom. The van der Waals surface area contributed by atoms with Crippen LogP contribution in [0.1, 0.15) is 0 Å².